The minimum absolute atomic E-state index is 0.0206. The van der Waals surface area contributed by atoms with E-state index in [1.165, 1.54) is 7.11 Å². The lowest BCUT2D eigenvalue weighted by Gasteiger charge is -1.94. The normalized spacial score (nSPS) is 12.5. The first kappa shape index (κ1) is 11.6. The van der Waals surface area contributed by atoms with Crippen molar-refractivity contribution in [1.82, 2.24) is 0 Å². The summed E-state index contributed by atoms with van der Waals surface area (Å²) in [5.74, 6) is -0.0206. The Morgan fingerprint density at radius 3 is 2.50 bits per heavy atom. The quantitative estimate of drug-likeness (QED) is 0.365. The molecule has 0 aliphatic heterocycles. The van der Waals surface area contributed by atoms with Crippen LogP contribution in [0.25, 0.3) is 0 Å². The first-order valence-electron chi connectivity index (χ1n) is 4.05. The summed E-state index contributed by atoms with van der Waals surface area (Å²) in [6.45, 7) is 2.10. The summed E-state index contributed by atoms with van der Waals surface area (Å²) in [5, 5.41) is 0. The number of allylic oxidation sites excluding steroid dienone is 1. The van der Waals surface area contributed by atoms with Crippen LogP contribution < -0.4 is 0 Å². The Balaban J connectivity index is 3.61. The summed E-state index contributed by atoms with van der Waals surface area (Å²) < 4.78 is 25.8. The van der Waals surface area contributed by atoms with Crippen LogP contribution in [0.1, 0.15) is 26.2 Å². The molecule has 0 spiro atoms. The van der Waals surface area contributed by atoms with Gasteiger partial charge in [0.2, 0.25) is 0 Å². The van der Waals surface area contributed by atoms with Gasteiger partial charge in [-0.05, 0) is 6.42 Å². The van der Waals surface area contributed by atoms with Crippen molar-refractivity contribution in [3.05, 3.63) is 12.2 Å². The van der Waals surface area contributed by atoms with Crippen LogP contribution >= 0.6 is 0 Å². The van der Waals surface area contributed by atoms with Gasteiger partial charge in [-0.3, -0.25) is 4.18 Å². The van der Waals surface area contributed by atoms with Crippen LogP contribution in [-0.4, -0.2) is 21.3 Å². The maximum absolute atomic E-state index is 10.8. The summed E-state index contributed by atoms with van der Waals surface area (Å²) in [5.41, 5.74) is 0. The van der Waals surface area contributed by atoms with Gasteiger partial charge in [0, 0.05) is 0 Å². The van der Waals surface area contributed by atoms with E-state index in [1.54, 1.807) is 6.08 Å². The molecule has 0 aliphatic carbocycles. The van der Waals surface area contributed by atoms with Gasteiger partial charge < -0.3 is 0 Å². The third-order valence-corrected chi connectivity index (χ3v) is 2.55. The molecule has 0 aromatic carbocycles. The number of hydrogen-bond donors (Lipinski definition) is 0. The Labute approximate surface area is 74.6 Å². The Morgan fingerprint density at radius 2 is 2.00 bits per heavy atom. The van der Waals surface area contributed by atoms with E-state index in [0.717, 1.165) is 19.3 Å². The lowest BCUT2D eigenvalue weighted by atomic mass is 10.2. The van der Waals surface area contributed by atoms with E-state index in [4.69, 9.17) is 0 Å². The lowest BCUT2D eigenvalue weighted by molar-refractivity contribution is 0.400. The fourth-order valence-corrected chi connectivity index (χ4v) is 1.20. The molecule has 0 saturated heterocycles. The molecule has 0 aliphatic rings. The zero-order valence-corrected chi connectivity index (χ0v) is 8.43. The Hall–Kier alpha value is -0.350. The molecule has 3 nitrogen and oxygen atoms in total. The average Bonchev–Trinajstić information content (AvgIpc) is 2.04. The Kier molecular flexibility index (Phi) is 6.02. The summed E-state index contributed by atoms with van der Waals surface area (Å²) in [6, 6.07) is 0. The third-order valence-electron chi connectivity index (χ3n) is 1.45. The highest BCUT2D eigenvalue weighted by Crippen LogP contribution is 1.96. The van der Waals surface area contributed by atoms with Gasteiger partial charge in [-0.2, -0.15) is 8.42 Å². The van der Waals surface area contributed by atoms with E-state index >= 15 is 0 Å². The molecule has 0 bridgehead atoms. The first-order chi connectivity index (χ1) is 5.62. The van der Waals surface area contributed by atoms with Crippen LogP contribution in [-0.2, 0) is 14.3 Å². The van der Waals surface area contributed by atoms with Crippen molar-refractivity contribution in [2.24, 2.45) is 0 Å². The van der Waals surface area contributed by atoms with E-state index < -0.39 is 10.1 Å². The largest absolute Gasteiger partial charge is 0.273 e. The van der Waals surface area contributed by atoms with Crippen LogP contribution in [0.3, 0.4) is 0 Å². The van der Waals surface area contributed by atoms with Crippen molar-refractivity contribution in [2.75, 3.05) is 12.9 Å². The number of hydrogen-bond acceptors (Lipinski definition) is 3. The zero-order chi connectivity index (χ0) is 9.45. The lowest BCUT2D eigenvalue weighted by Crippen LogP contribution is -2.04. The second-order valence-corrected chi connectivity index (χ2v) is 4.29. The van der Waals surface area contributed by atoms with Crippen molar-refractivity contribution in [2.45, 2.75) is 26.2 Å². The van der Waals surface area contributed by atoms with E-state index in [2.05, 4.69) is 11.1 Å². The molecule has 72 valence electrons. The maximum atomic E-state index is 10.8. The molecule has 0 unspecified atom stereocenters. The molecule has 0 N–H and O–H groups in total. The smallest absolute Gasteiger partial charge is 0.270 e. The number of unbranched alkanes of at least 4 members (excludes halogenated alkanes) is 2. The molecule has 0 rings (SSSR count). The van der Waals surface area contributed by atoms with Crippen molar-refractivity contribution in [3.8, 4) is 0 Å². The summed E-state index contributed by atoms with van der Waals surface area (Å²) in [4.78, 5) is 0. The number of rotatable bonds is 6. The highest BCUT2D eigenvalue weighted by molar-refractivity contribution is 7.86. The second-order valence-electron chi connectivity index (χ2n) is 2.50. The molecular weight excluding hydrogens is 176 g/mol. The SMILES string of the molecule is CCCCC=CCS(=O)(=O)OC. The summed E-state index contributed by atoms with van der Waals surface area (Å²) in [7, 11) is -2.12. The van der Waals surface area contributed by atoms with Gasteiger partial charge >= 0.3 is 0 Å². The summed E-state index contributed by atoms with van der Waals surface area (Å²) >= 11 is 0. The fraction of sp³-hybridized carbons (Fsp3) is 0.750. The van der Waals surface area contributed by atoms with Crippen molar-refractivity contribution in [3.63, 3.8) is 0 Å². The van der Waals surface area contributed by atoms with E-state index in [9.17, 15) is 8.42 Å². The topological polar surface area (TPSA) is 43.4 Å². The van der Waals surface area contributed by atoms with Gasteiger partial charge in [-0.15, -0.1) is 0 Å². The van der Waals surface area contributed by atoms with Gasteiger partial charge in [-0.25, -0.2) is 0 Å². The molecular formula is C8H16O3S. The van der Waals surface area contributed by atoms with Crippen molar-refractivity contribution >= 4 is 10.1 Å². The predicted molar refractivity (Wildman–Crippen MR) is 49.5 cm³/mol. The van der Waals surface area contributed by atoms with Crippen LogP contribution in [0.4, 0.5) is 0 Å². The highest BCUT2D eigenvalue weighted by Gasteiger charge is 2.03. The van der Waals surface area contributed by atoms with E-state index in [0.29, 0.717) is 0 Å². The standard InChI is InChI=1S/C8H16O3S/c1-3-4-5-6-7-8-12(9,10)11-2/h6-7H,3-5,8H2,1-2H3. The molecule has 0 atom stereocenters. The highest BCUT2D eigenvalue weighted by atomic mass is 32.2. The first-order valence-corrected chi connectivity index (χ1v) is 5.63. The fourth-order valence-electron chi connectivity index (χ4n) is 0.694. The van der Waals surface area contributed by atoms with Crippen molar-refractivity contribution < 1.29 is 12.6 Å². The average molecular weight is 192 g/mol. The summed E-state index contributed by atoms with van der Waals surface area (Å²) in [6.07, 6.45) is 6.68. The van der Waals surface area contributed by atoms with Crippen molar-refractivity contribution in [1.29, 1.82) is 0 Å². The minimum atomic E-state index is -3.29. The molecule has 0 fully saturated rings. The molecule has 0 aromatic rings. The minimum Gasteiger partial charge on any atom is -0.273 e. The second kappa shape index (κ2) is 6.20. The molecule has 4 heteroatoms. The zero-order valence-electron chi connectivity index (χ0n) is 7.62. The maximum Gasteiger partial charge on any atom is 0.270 e. The van der Waals surface area contributed by atoms with Gasteiger partial charge in [0.25, 0.3) is 10.1 Å². The van der Waals surface area contributed by atoms with Crippen LogP contribution in [0, 0.1) is 0 Å². The van der Waals surface area contributed by atoms with Crippen LogP contribution in [0.2, 0.25) is 0 Å². The van der Waals surface area contributed by atoms with Gasteiger partial charge in [0.15, 0.2) is 0 Å². The molecule has 0 amide bonds. The molecule has 0 saturated carbocycles. The van der Waals surface area contributed by atoms with Gasteiger partial charge in [0.1, 0.15) is 0 Å². The Morgan fingerprint density at radius 1 is 1.33 bits per heavy atom. The van der Waals surface area contributed by atoms with E-state index in [1.807, 2.05) is 6.08 Å². The van der Waals surface area contributed by atoms with Crippen LogP contribution in [0.15, 0.2) is 12.2 Å². The van der Waals surface area contributed by atoms with E-state index in [-0.39, 0.29) is 5.75 Å². The molecule has 0 aromatic heterocycles. The predicted octanol–water partition coefficient (Wildman–Crippen LogP) is 1.71. The molecule has 0 heterocycles. The van der Waals surface area contributed by atoms with Crippen LogP contribution in [0.5, 0.6) is 0 Å². The monoisotopic (exact) mass is 192 g/mol. The molecule has 0 radical (unpaired) electrons. The van der Waals surface area contributed by atoms with Gasteiger partial charge in [-0.1, -0.05) is 31.9 Å². The third kappa shape index (κ3) is 6.37. The van der Waals surface area contributed by atoms with Gasteiger partial charge in [0.05, 0.1) is 12.9 Å². The Bertz CT molecular complexity index is 216. The molecule has 12 heavy (non-hydrogen) atoms.